The van der Waals surface area contributed by atoms with Crippen LogP contribution in [0.2, 0.25) is 0 Å². The number of carbonyl (C=O) groups excluding carboxylic acids is 2. The predicted molar refractivity (Wildman–Crippen MR) is 134 cm³/mol. The minimum atomic E-state index is -0.0875. The van der Waals surface area contributed by atoms with E-state index in [0.29, 0.717) is 25.5 Å². The molecule has 0 aliphatic carbocycles. The van der Waals surface area contributed by atoms with Crippen molar-refractivity contribution in [2.75, 3.05) is 26.0 Å². The zero-order valence-corrected chi connectivity index (χ0v) is 19.5. The van der Waals surface area contributed by atoms with Gasteiger partial charge in [-0.15, -0.1) is 12.4 Å². The largest absolute Gasteiger partial charge is 0.338 e. The first-order valence-corrected chi connectivity index (χ1v) is 10.5. The first kappa shape index (κ1) is 24.2. The lowest BCUT2D eigenvalue weighted by Crippen LogP contribution is -2.26. The average molecular weight is 463 g/mol. The van der Waals surface area contributed by atoms with E-state index in [1.165, 1.54) is 0 Å². The summed E-state index contributed by atoms with van der Waals surface area (Å²) in [5.74, 6) is 0.420. The number of nitrogens with one attached hydrogen (secondary N) is 1. The van der Waals surface area contributed by atoms with Crippen molar-refractivity contribution in [1.29, 1.82) is 0 Å². The Kier molecular flexibility index (Phi) is 7.98. The van der Waals surface area contributed by atoms with E-state index < -0.39 is 0 Å². The van der Waals surface area contributed by atoms with Gasteiger partial charge in [0.25, 0.3) is 0 Å². The number of benzene rings is 2. The molecule has 0 atom stereocenters. The minimum Gasteiger partial charge on any atom is -0.338 e. The first-order chi connectivity index (χ1) is 15.5. The summed E-state index contributed by atoms with van der Waals surface area (Å²) in [5, 5.41) is 2.82. The number of hydrogen-bond donors (Lipinski definition) is 1. The zero-order valence-electron chi connectivity index (χ0n) is 18.7. The molecule has 0 fully saturated rings. The highest BCUT2D eigenvalue weighted by Crippen LogP contribution is 2.21. The molecular formula is C26H27ClN4O2. The molecule has 0 spiro atoms. The maximum Gasteiger partial charge on any atom is 0.246 e. The van der Waals surface area contributed by atoms with E-state index in [0.717, 1.165) is 27.8 Å². The first-order valence-electron chi connectivity index (χ1n) is 10.5. The van der Waals surface area contributed by atoms with E-state index in [-0.39, 0.29) is 24.2 Å². The predicted octanol–water partition coefficient (Wildman–Crippen LogP) is 4.23. The molecule has 1 aromatic heterocycles. The van der Waals surface area contributed by atoms with E-state index in [2.05, 4.69) is 34.6 Å². The van der Waals surface area contributed by atoms with Gasteiger partial charge in [-0.2, -0.15) is 0 Å². The van der Waals surface area contributed by atoms with Crippen LogP contribution >= 0.6 is 12.4 Å². The van der Waals surface area contributed by atoms with Crippen LogP contribution in [0, 0.1) is 0 Å². The standard InChI is InChI=1S/C26H26N4O2.ClH/c1-29-17-23-13-19(15-27-26(23)28-24(31)18-29)11-12-25(32)30(2)16-20-7-6-10-22(14-20)21-8-4-3-5-9-21;/h3-15H,16-18H2,1-2H3,(H,27,28,31);1H. The highest BCUT2D eigenvalue weighted by Gasteiger charge is 2.17. The lowest BCUT2D eigenvalue weighted by Gasteiger charge is -2.16. The smallest absolute Gasteiger partial charge is 0.246 e. The lowest BCUT2D eigenvalue weighted by atomic mass is 10.0. The molecule has 1 N–H and O–H groups in total. The van der Waals surface area contributed by atoms with Gasteiger partial charge in [0.05, 0.1) is 6.54 Å². The summed E-state index contributed by atoms with van der Waals surface area (Å²) >= 11 is 0. The van der Waals surface area contributed by atoms with Crippen molar-refractivity contribution in [2.45, 2.75) is 13.1 Å². The SMILES string of the molecule is CN1CC(=O)Nc2ncc(C=CC(=O)N(C)Cc3cccc(-c4ccccc4)c3)cc2C1.Cl. The Hall–Kier alpha value is -3.48. The van der Waals surface area contributed by atoms with E-state index in [1.54, 1.807) is 30.3 Å². The summed E-state index contributed by atoms with van der Waals surface area (Å²) < 4.78 is 0. The van der Waals surface area contributed by atoms with Gasteiger partial charge in [0, 0.05) is 38.0 Å². The molecule has 3 aromatic rings. The van der Waals surface area contributed by atoms with Gasteiger partial charge in [-0.05, 0) is 47.5 Å². The Labute approximate surface area is 200 Å². The van der Waals surface area contributed by atoms with Crippen LogP contribution in [-0.2, 0) is 22.7 Å². The van der Waals surface area contributed by atoms with Gasteiger partial charge in [-0.25, -0.2) is 4.98 Å². The number of pyridine rings is 1. The van der Waals surface area contributed by atoms with Crippen LogP contribution in [0.4, 0.5) is 5.82 Å². The van der Waals surface area contributed by atoms with Gasteiger partial charge in [0.1, 0.15) is 5.82 Å². The third kappa shape index (κ3) is 6.28. The average Bonchev–Trinajstić information content (AvgIpc) is 2.93. The van der Waals surface area contributed by atoms with E-state index in [9.17, 15) is 9.59 Å². The zero-order chi connectivity index (χ0) is 22.5. The van der Waals surface area contributed by atoms with Crippen LogP contribution in [0.3, 0.4) is 0 Å². The van der Waals surface area contributed by atoms with Crippen LogP contribution in [-0.4, -0.2) is 47.2 Å². The van der Waals surface area contributed by atoms with Gasteiger partial charge < -0.3 is 10.2 Å². The Morgan fingerprint density at radius 2 is 1.85 bits per heavy atom. The molecule has 2 aromatic carbocycles. The van der Waals surface area contributed by atoms with Crippen molar-refractivity contribution >= 4 is 36.1 Å². The molecule has 6 nitrogen and oxygen atoms in total. The van der Waals surface area contributed by atoms with Crippen molar-refractivity contribution in [3.63, 3.8) is 0 Å². The molecule has 33 heavy (non-hydrogen) atoms. The summed E-state index contributed by atoms with van der Waals surface area (Å²) in [6, 6.07) is 20.4. The second-order valence-electron chi connectivity index (χ2n) is 8.09. The summed E-state index contributed by atoms with van der Waals surface area (Å²) in [6.07, 6.45) is 4.99. The topological polar surface area (TPSA) is 65.5 Å². The number of amides is 2. The van der Waals surface area contributed by atoms with Crippen molar-refractivity contribution in [3.05, 3.63) is 89.6 Å². The quantitative estimate of drug-likeness (QED) is 0.576. The van der Waals surface area contributed by atoms with Gasteiger partial charge >= 0.3 is 0 Å². The van der Waals surface area contributed by atoms with Crippen molar-refractivity contribution in [1.82, 2.24) is 14.8 Å². The van der Waals surface area contributed by atoms with Gasteiger partial charge in [0.15, 0.2) is 0 Å². The van der Waals surface area contributed by atoms with Crippen LogP contribution in [0.15, 0.2) is 72.9 Å². The number of likely N-dealkylation sites (N-methyl/N-ethyl adjacent to an activating group) is 2. The molecule has 2 heterocycles. The number of carbonyl (C=O) groups is 2. The molecule has 7 heteroatoms. The number of nitrogens with zero attached hydrogens (tertiary/aromatic N) is 3. The molecule has 0 radical (unpaired) electrons. The number of fused-ring (bicyclic) bond motifs is 1. The maximum atomic E-state index is 12.7. The molecule has 4 rings (SSSR count). The molecule has 0 saturated carbocycles. The highest BCUT2D eigenvalue weighted by atomic mass is 35.5. The number of halogens is 1. The number of aromatic nitrogens is 1. The van der Waals surface area contributed by atoms with E-state index in [4.69, 9.17) is 0 Å². The second-order valence-corrected chi connectivity index (χ2v) is 8.09. The summed E-state index contributed by atoms with van der Waals surface area (Å²) in [4.78, 5) is 32.5. The summed E-state index contributed by atoms with van der Waals surface area (Å²) in [5.41, 5.74) is 5.11. The summed E-state index contributed by atoms with van der Waals surface area (Å²) in [6.45, 7) is 1.47. The molecule has 1 aliphatic rings. The highest BCUT2D eigenvalue weighted by molar-refractivity contribution is 5.93. The molecule has 0 unspecified atom stereocenters. The molecule has 1 aliphatic heterocycles. The molecule has 2 amide bonds. The number of hydrogen-bond acceptors (Lipinski definition) is 4. The van der Waals surface area contributed by atoms with Gasteiger partial charge in [-0.3, -0.25) is 14.5 Å². The van der Waals surface area contributed by atoms with Crippen LogP contribution in [0.5, 0.6) is 0 Å². The number of rotatable bonds is 5. The van der Waals surface area contributed by atoms with E-state index in [1.807, 2.05) is 48.3 Å². The van der Waals surface area contributed by atoms with Crippen LogP contribution in [0.1, 0.15) is 16.7 Å². The second kappa shape index (κ2) is 10.9. The molecule has 0 bridgehead atoms. The fraction of sp³-hybridized carbons (Fsp3) is 0.192. The fourth-order valence-electron chi connectivity index (χ4n) is 3.74. The van der Waals surface area contributed by atoms with Crippen molar-refractivity contribution in [2.24, 2.45) is 0 Å². The van der Waals surface area contributed by atoms with Gasteiger partial charge in [0.2, 0.25) is 11.8 Å². The Bertz CT molecular complexity index is 1160. The lowest BCUT2D eigenvalue weighted by molar-refractivity contribution is -0.125. The van der Waals surface area contributed by atoms with Crippen molar-refractivity contribution < 1.29 is 9.59 Å². The Morgan fingerprint density at radius 1 is 1.09 bits per heavy atom. The normalized spacial score (nSPS) is 13.6. The Morgan fingerprint density at radius 3 is 2.64 bits per heavy atom. The van der Waals surface area contributed by atoms with E-state index >= 15 is 0 Å². The van der Waals surface area contributed by atoms with Crippen LogP contribution in [0.25, 0.3) is 17.2 Å². The fourth-order valence-corrected chi connectivity index (χ4v) is 3.74. The summed E-state index contributed by atoms with van der Waals surface area (Å²) in [7, 11) is 3.68. The molecular weight excluding hydrogens is 436 g/mol. The monoisotopic (exact) mass is 462 g/mol. The molecule has 170 valence electrons. The maximum absolute atomic E-state index is 12.7. The number of anilines is 1. The minimum absolute atomic E-state index is 0. The van der Waals surface area contributed by atoms with Gasteiger partial charge in [-0.1, -0.05) is 48.5 Å². The third-order valence-electron chi connectivity index (χ3n) is 5.35. The van der Waals surface area contributed by atoms with Crippen molar-refractivity contribution in [3.8, 4) is 11.1 Å². The molecule has 0 saturated heterocycles. The Balaban J connectivity index is 0.00000306. The van der Waals surface area contributed by atoms with Crippen LogP contribution < -0.4 is 5.32 Å². The third-order valence-corrected chi connectivity index (χ3v) is 5.35.